The lowest BCUT2D eigenvalue weighted by atomic mass is 9.98. The van der Waals surface area contributed by atoms with Crippen LogP contribution in [0.25, 0.3) is 0 Å². The summed E-state index contributed by atoms with van der Waals surface area (Å²) < 4.78 is 2.84. The van der Waals surface area contributed by atoms with Crippen LogP contribution in [0.3, 0.4) is 0 Å². The van der Waals surface area contributed by atoms with E-state index in [9.17, 15) is 0 Å². The van der Waals surface area contributed by atoms with Crippen LogP contribution in [0.15, 0.2) is 41.1 Å². The molecule has 2 aromatic rings. The van der Waals surface area contributed by atoms with E-state index in [0.29, 0.717) is 0 Å². The minimum atomic E-state index is 0.0120. The Bertz CT molecular complexity index is 509. The first-order chi connectivity index (χ1) is 8.61. The van der Waals surface area contributed by atoms with Gasteiger partial charge in [0.05, 0.1) is 16.7 Å². The largest absolute Gasteiger partial charge is 0.326 e. The zero-order valence-electron chi connectivity index (χ0n) is 10.1. The van der Waals surface area contributed by atoms with Crippen LogP contribution in [0.4, 0.5) is 0 Å². The third-order valence-corrected chi connectivity index (χ3v) is 3.60. The number of halogens is 2. The molecule has 2 atom stereocenters. The van der Waals surface area contributed by atoms with Crippen LogP contribution in [-0.2, 0) is 0 Å². The van der Waals surface area contributed by atoms with Gasteiger partial charge >= 0.3 is 0 Å². The second-order valence-corrected chi connectivity index (χ2v) is 5.56. The molecule has 1 heterocycles. The highest BCUT2D eigenvalue weighted by molar-refractivity contribution is 9.10. The van der Waals surface area contributed by atoms with E-state index in [4.69, 9.17) is 17.3 Å². The zero-order valence-corrected chi connectivity index (χ0v) is 12.4. The van der Waals surface area contributed by atoms with Gasteiger partial charge in [0.2, 0.25) is 0 Å². The highest BCUT2D eigenvalue weighted by atomic mass is 79.9. The highest BCUT2D eigenvalue weighted by Crippen LogP contribution is 2.25. The molecule has 3 nitrogen and oxygen atoms in total. The highest BCUT2D eigenvalue weighted by Gasteiger charge is 2.21. The summed E-state index contributed by atoms with van der Waals surface area (Å²) in [6.07, 6.45) is 4.59. The lowest BCUT2D eigenvalue weighted by Gasteiger charge is -2.24. The molecule has 0 amide bonds. The number of nitrogens with two attached hydrogens (primary N) is 1. The van der Waals surface area contributed by atoms with Gasteiger partial charge in [0, 0.05) is 17.3 Å². The molecule has 0 fully saturated rings. The van der Waals surface area contributed by atoms with Crippen molar-refractivity contribution < 1.29 is 0 Å². The Morgan fingerprint density at radius 2 is 2.06 bits per heavy atom. The molecule has 2 rings (SSSR count). The Hall–Kier alpha value is -0.840. The Labute approximate surface area is 120 Å². The maximum absolute atomic E-state index is 6.22. The third-order valence-electron chi connectivity index (χ3n) is 2.94. The van der Waals surface area contributed by atoms with Crippen LogP contribution in [0.2, 0.25) is 5.02 Å². The van der Waals surface area contributed by atoms with E-state index in [-0.39, 0.29) is 12.1 Å². The van der Waals surface area contributed by atoms with Crippen LogP contribution in [0.5, 0.6) is 0 Å². The van der Waals surface area contributed by atoms with Crippen molar-refractivity contribution >= 4 is 27.5 Å². The smallest absolute Gasteiger partial charge is 0.0919 e. The van der Waals surface area contributed by atoms with E-state index in [1.807, 2.05) is 35.1 Å². The molecule has 0 aliphatic carbocycles. The fraction of sp³-hybridized carbons (Fsp3) is 0.308. The molecule has 0 saturated carbocycles. The quantitative estimate of drug-likeness (QED) is 0.931. The van der Waals surface area contributed by atoms with Gasteiger partial charge < -0.3 is 5.73 Å². The summed E-state index contributed by atoms with van der Waals surface area (Å²) in [7, 11) is 0. The molecule has 0 aliphatic heterocycles. The topological polar surface area (TPSA) is 43.8 Å². The standard InChI is InChI=1S/C13H15BrClN3/c1-2-12(16)13(18-8-10(14)7-17-18)9-3-5-11(15)6-4-9/h3-8,12-13H,2,16H2,1H3. The van der Waals surface area contributed by atoms with Crippen molar-refractivity contribution in [2.75, 3.05) is 0 Å². The van der Waals surface area contributed by atoms with Gasteiger partial charge in [-0.3, -0.25) is 4.68 Å². The average molecular weight is 329 g/mol. The van der Waals surface area contributed by atoms with E-state index in [1.54, 1.807) is 6.20 Å². The van der Waals surface area contributed by atoms with E-state index in [2.05, 4.69) is 28.0 Å². The maximum atomic E-state index is 6.22. The Kier molecular flexibility index (Phi) is 4.43. The molecular weight excluding hydrogens is 314 g/mol. The predicted octanol–water partition coefficient (Wildman–Crippen LogP) is 3.63. The van der Waals surface area contributed by atoms with Crippen LogP contribution in [0, 0.1) is 0 Å². The lowest BCUT2D eigenvalue weighted by molar-refractivity contribution is 0.424. The number of rotatable bonds is 4. The summed E-state index contributed by atoms with van der Waals surface area (Å²) in [5, 5.41) is 5.07. The second kappa shape index (κ2) is 5.87. The van der Waals surface area contributed by atoms with Crippen molar-refractivity contribution in [3.63, 3.8) is 0 Å². The minimum Gasteiger partial charge on any atom is -0.326 e. The van der Waals surface area contributed by atoms with Gasteiger partial charge in [-0.2, -0.15) is 5.10 Å². The minimum absolute atomic E-state index is 0.0120. The Balaban J connectivity index is 2.39. The molecule has 0 bridgehead atoms. The van der Waals surface area contributed by atoms with E-state index < -0.39 is 0 Å². The van der Waals surface area contributed by atoms with Gasteiger partial charge in [0.15, 0.2) is 0 Å². The average Bonchev–Trinajstić information content (AvgIpc) is 2.78. The van der Waals surface area contributed by atoms with Crippen molar-refractivity contribution in [1.82, 2.24) is 9.78 Å². The molecule has 96 valence electrons. The van der Waals surface area contributed by atoms with Gasteiger partial charge in [0.25, 0.3) is 0 Å². The molecule has 18 heavy (non-hydrogen) atoms. The molecule has 5 heteroatoms. The first kappa shape index (κ1) is 13.6. The number of benzene rings is 1. The molecule has 0 saturated heterocycles. The van der Waals surface area contributed by atoms with Crippen molar-refractivity contribution in [3.05, 3.63) is 51.7 Å². The van der Waals surface area contributed by atoms with Crippen LogP contribution >= 0.6 is 27.5 Å². The van der Waals surface area contributed by atoms with Crippen molar-refractivity contribution in [1.29, 1.82) is 0 Å². The van der Waals surface area contributed by atoms with E-state index in [1.165, 1.54) is 0 Å². The summed E-state index contributed by atoms with van der Waals surface area (Å²) in [5.41, 5.74) is 7.33. The molecule has 2 N–H and O–H groups in total. The molecular formula is C13H15BrClN3. The molecule has 1 aromatic carbocycles. The fourth-order valence-electron chi connectivity index (χ4n) is 1.95. The van der Waals surface area contributed by atoms with E-state index >= 15 is 0 Å². The summed E-state index contributed by atoms with van der Waals surface area (Å²) in [4.78, 5) is 0. The number of hydrogen-bond donors (Lipinski definition) is 1. The lowest BCUT2D eigenvalue weighted by Crippen LogP contribution is -2.32. The molecule has 2 unspecified atom stereocenters. The number of aromatic nitrogens is 2. The number of hydrogen-bond acceptors (Lipinski definition) is 2. The predicted molar refractivity (Wildman–Crippen MR) is 77.8 cm³/mol. The summed E-state index contributed by atoms with van der Waals surface area (Å²) >= 11 is 9.33. The normalized spacial score (nSPS) is 14.4. The van der Waals surface area contributed by atoms with Crippen LogP contribution in [-0.4, -0.2) is 15.8 Å². The summed E-state index contributed by atoms with van der Waals surface area (Å²) in [5.74, 6) is 0. The third kappa shape index (κ3) is 2.94. The first-order valence-corrected chi connectivity index (χ1v) is 6.99. The molecule has 1 aromatic heterocycles. The van der Waals surface area contributed by atoms with Gasteiger partial charge in [-0.25, -0.2) is 0 Å². The zero-order chi connectivity index (χ0) is 13.1. The van der Waals surface area contributed by atoms with E-state index in [0.717, 1.165) is 21.5 Å². The fourth-order valence-corrected chi connectivity index (χ4v) is 2.37. The van der Waals surface area contributed by atoms with Crippen molar-refractivity contribution in [2.45, 2.75) is 25.4 Å². The second-order valence-electron chi connectivity index (χ2n) is 4.21. The van der Waals surface area contributed by atoms with Gasteiger partial charge in [-0.15, -0.1) is 0 Å². The SMILES string of the molecule is CCC(N)C(c1ccc(Cl)cc1)n1cc(Br)cn1. The molecule has 0 radical (unpaired) electrons. The maximum Gasteiger partial charge on any atom is 0.0919 e. The first-order valence-electron chi connectivity index (χ1n) is 5.82. The van der Waals surface area contributed by atoms with Crippen LogP contribution in [0.1, 0.15) is 24.9 Å². The monoisotopic (exact) mass is 327 g/mol. The van der Waals surface area contributed by atoms with Gasteiger partial charge in [-0.05, 0) is 40.0 Å². The van der Waals surface area contributed by atoms with Crippen LogP contribution < -0.4 is 5.73 Å². The van der Waals surface area contributed by atoms with Crippen molar-refractivity contribution in [2.24, 2.45) is 5.73 Å². The summed E-state index contributed by atoms with van der Waals surface area (Å²) in [6, 6.07) is 7.79. The van der Waals surface area contributed by atoms with Gasteiger partial charge in [0.1, 0.15) is 0 Å². The Morgan fingerprint density at radius 3 is 2.56 bits per heavy atom. The summed E-state index contributed by atoms with van der Waals surface area (Å²) in [6.45, 7) is 2.08. The molecule has 0 aliphatic rings. The number of nitrogens with zero attached hydrogens (tertiary/aromatic N) is 2. The van der Waals surface area contributed by atoms with Crippen molar-refractivity contribution in [3.8, 4) is 0 Å². The van der Waals surface area contributed by atoms with Gasteiger partial charge in [-0.1, -0.05) is 30.7 Å². The molecule has 0 spiro atoms. The Morgan fingerprint density at radius 1 is 1.39 bits per heavy atom.